The summed E-state index contributed by atoms with van der Waals surface area (Å²) in [6, 6.07) is 10.6. The van der Waals surface area contributed by atoms with Crippen molar-refractivity contribution in [1.82, 2.24) is 9.97 Å². The number of carbonyl (C=O) groups excluding carboxylic acids is 1. The molecule has 132 valence electrons. The van der Waals surface area contributed by atoms with E-state index in [2.05, 4.69) is 20.6 Å². The van der Waals surface area contributed by atoms with Crippen LogP contribution in [0.25, 0.3) is 0 Å². The average molecular weight is 375 g/mol. The molecule has 0 saturated carbocycles. The Morgan fingerprint density at radius 1 is 1.00 bits per heavy atom. The number of anilines is 2. The van der Waals surface area contributed by atoms with Gasteiger partial charge in [0.1, 0.15) is 28.8 Å². The fraction of sp³-hybridized carbons (Fsp3) is 0.0556. The largest absolute Gasteiger partial charge is 0.365 e. The van der Waals surface area contributed by atoms with Gasteiger partial charge in [-0.25, -0.2) is 18.7 Å². The lowest BCUT2D eigenvalue weighted by molar-refractivity contribution is 0.102. The number of nitrogens with one attached hydrogen (secondary N) is 2. The van der Waals surface area contributed by atoms with Gasteiger partial charge in [0.2, 0.25) is 0 Å². The highest BCUT2D eigenvalue weighted by atomic mass is 35.5. The summed E-state index contributed by atoms with van der Waals surface area (Å²) in [6.45, 7) is 0.498. The predicted molar refractivity (Wildman–Crippen MR) is 95.1 cm³/mol. The topological polar surface area (TPSA) is 66.9 Å². The van der Waals surface area contributed by atoms with Crippen molar-refractivity contribution in [3.8, 4) is 0 Å². The van der Waals surface area contributed by atoms with Crippen molar-refractivity contribution >= 4 is 29.0 Å². The molecule has 2 aromatic carbocycles. The number of hydrogen-bond acceptors (Lipinski definition) is 4. The van der Waals surface area contributed by atoms with Crippen LogP contribution in [0.3, 0.4) is 0 Å². The SMILES string of the molecule is O=C(Nc1c(F)cccc1F)c1cnc(NCc2ccc(Cl)cc2)cn1. The molecule has 0 aliphatic carbocycles. The summed E-state index contributed by atoms with van der Waals surface area (Å²) in [6.07, 6.45) is 2.58. The Balaban J connectivity index is 1.63. The number of halogens is 3. The molecular formula is C18H13ClF2N4O. The predicted octanol–water partition coefficient (Wildman–Crippen LogP) is 4.27. The highest BCUT2D eigenvalue weighted by molar-refractivity contribution is 6.30. The fourth-order valence-corrected chi connectivity index (χ4v) is 2.25. The lowest BCUT2D eigenvalue weighted by atomic mass is 10.2. The average Bonchev–Trinajstić information content (AvgIpc) is 2.65. The normalized spacial score (nSPS) is 10.4. The molecular weight excluding hydrogens is 362 g/mol. The van der Waals surface area contributed by atoms with Crippen LogP contribution >= 0.6 is 11.6 Å². The summed E-state index contributed by atoms with van der Waals surface area (Å²) in [5.74, 6) is -2.04. The Kier molecular flexibility index (Phi) is 5.38. The van der Waals surface area contributed by atoms with Gasteiger partial charge in [0.25, 0.3) is 5.91 Å². The zero-order chi connectivity index (χ0) is 18.5. The summed E-state index contributed by atoms with van der Waals surface area (Å²) in [5.41, 5.74) is 0.405. The maximum Gasteiger partial charge on any atom is 0.276 e. The molecule has 0 radical (unpaired) electrons. The second-order valence-corrected chi connectivity index (χ2v) is 5.75. The van der Waals surface area contributed by atoms with Gasteiger partial charge in [-0.1, -0.05) is 29.8 Å². The third-order valence-electron chi connectivity index (χ3n) is 3.47. The molecule has 1 heterocycles. The molecule has 8 heteroatoms. The second-order valence-electron chi connectivity index (χ2n) is 5.32. The van der Waals surface area contributed by atoms with Crippen molar-refractivity contribution in [3.05, 3.63) is 82.8 Å². The van der Waals surface area contributed by atoms with Gasteiger partial charge in [0, 0.05) is 11.6 Å². The molecule has 3 rings (SSSR count). The summed E-state index contributed by atoms with van der Waals surface area (Å²) < 4.78 is 27.1. The Bertz CT molecular complexity index is 897. The molecule has 0 saturated heterocycles. The highest BCUT2D eigenvalue weighted by Gasteiger charge is 2.14. The van der Waals surface area contributed by atoms with Gasteiger partial charge in [0.05, 0.1) is 12.4 Å². The van der Waals surface area contributed by atoms with E-state index in [4.69, 9.17) is 11.6 Å². The highest BCUT2D eigenvalue weighted by Crippen LogP contribution is 2.18. The molecule has 2 N–H and O–H groups in total. The number of aromatic nitrogens is 2. The standard InChI is InChI=1S/C18H13ClF2N4O/c19-12-6-4-11(5-7-12)8-23-16-10-22-15(9-24-16)18(26)25-17-13(20)2-1-3-14(17)21/h1-7,9-10H,8H2,(H,23,24)(H,25,26). The molecule has 0 fully saturated rings. The molecule has 0 bridgehead atoms. The number of nitrogens with zero attached hydrogens (tertiary/aromatic N) is 2. The first-order valence-electron chi connectivity index (χ1n) is 7.58. The summed E-state index contributed by atoms with van der Waals surface area (Å²) in [5, 5.41) is 5.85. The number of benzene rings is 2. The molecule has 0 atom stereocenters. The van der Waals surface area contributed by atoms with Crippen LogP contribution < -0.4 is 10.6 Å². The Morgan fingerprint density at radius 3 is 2.31 bits per heavy atom. The van der Waals surface area contributed by atoms with E-state index in [9.17, 15) is 13.6 Å². The molecule has 0 aliphatic heterocycles. The smallest absolute Gasteiger partial charge is 0.276 e. The third kappa shape index (κ3) is 4.31. The molecule has 0 aliphatic rings. The first-order valence-corrected chi connectivity index (χ1v) is 7.96. The molecule has 1 amide bonds. The quantitative estimate of drug-likeness (QED) is 0.699. The summed E-state index contributed by atoms with van der Waals surface area (Å²) in [4.78, 5) is 20.1. The lowest BCUT2D eigenvalue weighted by Crippen LogP contribution is -2.16. The van der Waals surface area contributed by atoms with E-state index in [1.54, 1.807) is 12.1 Å². The van der Waals surface area contributed by atoms with E-state index in [1.807, 2.05) is 12.1 Å². The number of para-hydroxylation sites is 1. The van der Waals surface area contributed by atoms with Crippen molar-refractivity contribution < 1.29 is 13.6 Å². The van der Waals surface area contributed by atoms with Crippen molar-refractivity contribution in [2.75, 3.05) is 10.6 Å². The van der Waals surface area contributed by atoms with Gasteiger partial charge in [-0.05, 0) is 29.8 Å². The Morgan fingerprint density at radius 2 is 1.69 bits per heavy atom. The molecule has 0 spiro atoms. The Labute approximate surface area is 153 Å². The first-order chi connectivity index (χ1) is 12.5. The maximum atomic E-state index is 13.6. The van der Waals surface area contributed by atoms with Gasteiger partial charge in [-0.15, -0.1) is 0 Å². The first kappa shape index (κ1) is 17.8. The Hall–Kier alpha value is -3.06. The van der Waals surface area contributed by atoms with Crippen LogP contribution in [0, 0.1) is 11.6 Å². The van der Waals surface area contributed by atoms with Gasteiger partial charge < -0.3 is 10.6 Å². The van der Waals surface area contributed by atoms with E-state index < -0.39 is 23.2 Å². The summed E-state index contributed by atoms with van der Waals surface area (Å²) in [7, 11) is 0. The van der Waals surface area contributed by atoms with E-state index in [-0.39, 0.29) is 5.69 Å². The zero-order valence-electron chi connectivity index (χ0n) is 13.3. The maximum absolute atomic E-state index is 13.6. The van der Waals surface area contributed by atoms with Crippen LogP contribution in [0.15, 0.2) is 54.9 Å². The fourth-order valence-electron chi connectivity index (χ4n) is 2.13. The summed E-state index contributed by atoms with van der Waals surface area (Å²) >= 11 is 5.83. The van der Waals surface area contributed by atoms with Gasteiger partial charge in [0.15, 0.2) is 0 Å². The molecule has 26 heavy (non-hydrogen) atoms. The van der Waals surface area contributed by atoms with Gasteiger partial charge in [-0.3, -0.25) is 4.79 Å². The van der Waals surface area contributed by atoms with E-state index >= 15 is 0 Å². The van der Waals surface area contributed by atoms with Crippen LogP contribution in [0.4, 0.5) is 20.3 Å². The van der Waals surface area contributed by atoms with E-state index in [0.717, 1.165) is 17.7 Å². The second kappa shape index (κ2) is 7.88. The van der Waals surface area contributed by atoms with Crippen molar-refractivity contribution in [3.63, 3.8) is 0 Å². The molecule has 0 unspecified atom stereocenters. The van der Waals surface area contributed by atoms with Crippen LogP contribution in [0.2, 0.25) is 5.02 Å². The molecule has 5 nitrogen and oxygen atoms in total. The van der Waals surface area contributed by atoms with Gasteiger partial charge in [-0.2, -0.15) is 0 Å². The lowest BCUT2D eigenvalue weighted by Gasteiger charge is -2.08. The van der Waals surface area contributed by atoms with E-state index in [1.165, 1.54) is 18.5 Å². The molecule has 1 aromatic heterocycles. The number of carbonyl (C=O) groups is 1. The van der Waals surface area contributed by atoms with Crippen LogP contribution in [-0.2, 0) is 6.54 Å². The minimum absolute atomic E-state index is 0.0651. The number of amides is 1. The van der Waals surface area contributed by atoms with E-state index in [0.29, 0.717) is 17.4 Å². The minimum Gasteiger partial charge on any atom is -0.365 e. The minimum atomic E-state index is -0.868. The van der Waals surface area contributed by atoms with Gasteiger partial charge >= 0.3 is 0 Å². The van der Waals surface area contributed by atoms with Crippen LogP contribution in [-0.4, -0.2) is 15.9 Å². The third-order valence-corrected chi connectivity index (χ3v) is 3.72. The number of hydrogen-bond donors (Lipinski definition) is 2. The zero-order valence-corrected chi connectivity index (χ0v) is 14.1. The van der Waals surface area contributed by atoms with Crippen molar-refractivity contribution in [1.29, 1.82) is 0 Å². The monoisotopic (exact) mass is 374 g/mol. The van der Waals surface area contributed by atoms with Crippen molar-refractivity contribution in [2.24, 2.45) is 0 Å². The molecule has 3 aromatic rings. The number of rotatable bonds is 5. The van der Waals surface area contributed by atoms with Crippen LogP contribution in [0.5, 0.6) is 0 Å². The van der Waals surface area contributed by atoms with Crippen molar-refractivity contribution in [2.45, 2.75) is 6.54 Å². The van der Waals surface area contributed by atoms with Crippen LogP contribution in [0.1, 0.15) is 16.1 Å².